The maximum atomic E-state index is 4.42. The zero-order valence-corrected chi connectivity index (χ0v) is 12.9. The van der Waals surface area contributed by atoms with Gasteiger partial charge in [-0.15, -0.1) is 0 Å². The van der Waals surface area contributed by atoms with E-state index in [4.69, 9.17) is 0 Å². The van der Waals surface area contributed by atoms with Gasteiger partial charge in [0.25, 0.3) is 0 Å². The molecule has 0 aliphatic carbocycles. The molecule has 0 spiro atoms. The van der Waals surface area contributed by atoms with E-state index >= 15 is 0 Å². The lowest BCUT2D eigenvalue weighted by Gasteiger charge is -2.15. The number of nitrogens with one attached hydrogen (secondary N) is 2. The van der Waals surface area contributed by atoms with Gasteiger partial charge in [-0.25, -0.2) is 4.98 Å². The van der Waals surface area contributed by atoms with E-state index in [9.17, 15) is 0 Å². The van der Waals surface area contributed by atoms with Gasteiger partial charge >= 0.3 is 0 Å². The highest BCUT2D eigenvalue weighted by atomic mass is 15.2. The lowest BCUT2D eigenvalue weighted by atomic mass is 10.2. The Morgan fingerprint density at radius 2 is 2.05 bits per heavy atom. The van der Waals surface area contributed by atoms with E-state index in [1.807, 2.05) is 18.5 Å². The van der Waals surface area contributed by atoms with Gasteiger partial charge in [0.1, 0.15) is 5.82 Å². The summed E-state index contributed by atoms with van der Waals surface area (Å²) in [5.74, 6) is 1.78. The maximum absolute atomic E-state index is 4.42. The van der Waals surface area contributed by atoms with Crippen molar-refractivity contribution in [1.29, 1.82) is 0 Å². The predicted octanol–water partition coefficient (Wildman–Crippen LogP) is 2.00. The molecule has 0 amide bonds. The third-order valence-corrected chi connectivity index (χ3v) is 3.06. The Hall–Kier alpha value is -2.30. The lowest BCUT2D eigenvalue weighted by Crippen LogP contribution is -2.41. The topological polar surface area (TPSA) is 54.2 Å². The average molecular weight is 285 g/mol. The van der Waals surface area contributed by atoms with E-state index in [2.05, 4.69) is 63.3 Å². The monoisotopic (exact) mass is 285 g/mol. The summed E-state index contributed by atoms with van der Waals surface area (Å²) >= 11 is 0. The first-order chi connectivity index (χ1) is 10.2. The SMILES string of the molecule is CN=C(NCc1nccn1Cc1ccccc1)NC(C)C. The van der Waals surface area contributed by atoms with Crippen LogP contribution in [0.3, 0.4) is 0 Å². The first kappa shape index (κ1) is 15.1. The van der Waals surface area contributed by atoms with Crippen molar-refractivity contribution in [3.8, 4) is 0 Å². The van der Waals surface area contributed by atoms with Crippen LogP contribution in [0.5, 0.6) is 0 Å². The van der Waals surface area contributed by atoms with Gasteiger partial charge in [-0.2, -0.15) is 0 Å². The smallest absolute Gasteiger partial charge is 0.191 e. The van der Waals surface area contributed by atoms with E-state index in [1.165, 1.54) is 5.56 Å². The summed E-state index contributed by atoms with van der Waals surface area (Å²) < 4.78 is 2.14. The van der Waals surface area contributed by atoms with Crippen molar-refractivity contribution in [2.75, 3.05) is 7.05 Å². The Balaban J connectivity index is 1.97. The first-order valence-electron chi connectivity index (χ1n) is 7.20. The number of nitrogens with zero attached hydrogens (tertiary/aromatic N) is 3. The molecule has 0 aliphatic heterocycles. The van der Waals surface area contributed by atoms with Crippen LogP contribution in [0.15, 0.2) is 47.7 Å². The summed E-state index contributed by atoms with van der Waals surface area (Å²) in [5, 5.41) is 6.55. The number of hydrogen-bond acceptors (Lipinski definition) is 2. The van der Waals surface area contributed by atoms with Crippen LogP contribution in [0.25, 0.3) is 0 Å². The molecule has 2 rings (SSSR count). The van der Waals surface area contributed by atoms with Gasteiger partial charge in [0.05, 0.1) is 6.54 Å². The van der Waals surface area contributed by atoms with Crippen LogP contribution < -0.4 is 10.6 Å². The molecule has 112 valence electrons. The molecule has 0 saturated heterocycles. The summed E-state index contributed by atoms with van der Waals surface area (Å²) in [4.78, 5) is 8.61. The van der Waals surface area contributed by atoms with E-state index in [1.54, 1.807) is 7.05 Å². The van der Waals surface area contributed by atoms with Crippen LogP contribution in [0.2, 0.25) is 0 Å². The minimum atomic E-state index is 0.347. The Bertz CT molecular complexity index is 571. The average Bonchev–Trinajstić information content (AvgIpc) is 2.91. The second kappa shape index (κ2) is 7.47. The number of guanidine groups is 1. The summed E-state index contributed by atoms with van der Waals surface area (Å²) in [7, 11) is 1.77. The molecule has 0 radical (unpaired) electrons. The van der Waals surface area contributed by atoms with Crippen molar-refractivity contribution >= 4 is 5.96 Å². The fourth-order valence-corrected chi connectivity index (χ4v) is 2.06. The number of rotatable bonds is 5. The molecule has 21 heavy (non-hydrogen) atoms. The standard InChI is InChI=1S/C16H23N5/c1-13(2)20-16(17-3)19-11-15-18-9-10-21(15)12-14-7-5-4-6-8-14/h4-10,13H,11-12H2,1-3H3,(H2,17,19,20). The summed E-state index contributed by atoms with van der Waals surface area (Å²) in [6, 6.07) is 10.7. The molecule has 0 atom stereocenters. The molecule has 0 fully saturated rings. The van der Waals surface area contributed by atoms with Crippen LogP contribution in [-0.4, -0.2) is 28.6 Å². The zero-order chi connectivity index (χ0) is 15.1. The second-order valence-electron chi connectivity index (χ2n) is 5.18. The van der Waals surface area contributed by atoms with Crippen molar-refractivity contribution in [3.05, 3.63) is 54.1 Å². The number of hydrogen-bond donors (Lipinski definition) is 2. The fourth-order valence-electron chi connectivity index (χ4n) is 2.06. The highest BCUT2D eigenvalue weighted by Crippen LogP contribution is 2.05. The van der Waals surface area contributed by atoms with Crippen molar-refractivity contribution in [2.45, 2.75) is 33.0 Å². The van der Waals surface area contributed by atoms with Crippen LogP contribution in [-0.2, 0) is 13.1 Å². The first-order valence-corrected chi connectivity index (χ1v) is 7.20. The molecule has 0 bridgehead atoms. The third kappa shape index (κ3) is 4.63. The molecule has 1 aromatic heterocycles. The zero-order valence-electron chi connectivity index (χ0n) is 12.9. The predicted molar refractivity (Wildman–Crippen MR) is 86.2 cm³/mol. The Morgan fingerprint density at radius 3 is 2.71 bits per heavy atom. The maximum Gasteiger partial charge on any atom is 0.191 e. The quantitative estimate of drug-likeness (QED) is 0.652. The molecule has 5 heteroatoms. The van der Waals surface area contributed by atoms with Crippen molar-refractivity contribution in [3.63, 3.8) is 0 Å². The van der Waals surface area contributed by atoms with Crippen LogP contribution in [0, 0.1) is 0 Å². The second-order valence-corrected chi connectivity index (χ2v) is 5.18. The summed E-state index contributed by atoms with van der Waals surface area (Å²) in [6.45, 7) is 5.65. The van der Waals surface area contributed by atoms with Crippen molar-refractivity contribution in [2.24, 2.45) is 4.99 Å². The molecule has 0 aliphatic rings. The Kier molecular flexibility index (Phi) is 5.37. The summed E-state index contributed by atoms with van der Waals surface area (Å²) in [5.41, 5.74) is 1.27. The Labute approximate surface area is 126 Å². The molecule has 1 heterocycles. The number of benzene rings is 1. The Morgan fingerprint density at radius 1 is 1.29 bits per heavy atom. The van der Waals surface area contributed by atoms with E-state index < -0.39 is 0 Å². The van der Waals surface area contributed by atoms with Gasteiger partial charge in [-0.1, -0.05) is 30.3 Å². The van der Waals surface area contributed by atoms with Crippen LogP contribution >= 0.6 is 0 Å². The normalized spacial score (nSPS) is 11.7. The summed E-state index contributed by atoms with van der Waals surface area (Å²) in [6.07, 6.45) is 3.83. The number of aliphatic imine (C=N–C) groups is 1. The molecular formula is C16H23N5. The molecule has 1 aromatic carbocycles. The van der Waals surface area contributed by atoms with Gasteiger partial charge < -0.3 is 15.2 Å². The molecular weight excluding hydrogens is 262 g/mol. The largest absolute Gasteiger partial charge is 0.354 e. The third-order valence-electron chi connectivity index (χ3n) is 3.06. The highest BCUT2D eigenvalue weighted by molar-refractivity contribution is 5.79. The highest BCUT2D eigenvalue weighted by Gasteiger charge is 2.05. The molecule has 2 aromatic rings. The van der Waals surface area contributed by atoms with E-state index in [0.29, 0.717) is 12.6 Å². The van der Waals surface area contributed by atoms with E-state index in [0.717, 1.165) is 18.3 Å². The van der Waals surface area contributed by atoms with Crippen molar-refractivity contribution in [1.82, 2.24) is 20.2 Å². The van der Waals surface area contributed by atoms with E-state index in [-0.39, 0.29) is 0 Å². The molecule has 0 unspecified atom stereocenters. The number of imidazole rings is 1. The van der Waals surface area contributed by atoms with Crippen molar-refractivity contribution < 1.29 is 0 Å². The van der Waals surface area contributed by atoms with Gasteiger partial charge in [0, 0.05) is 32.0 Å². The molecule has 2 N–H and O–H groups in total. The molecule has 5 nitrogen and oxygen atoms in total. The molecule has 0 saturated carbocycles. The van der Waals surface area contributed by atoms with Gasteiger partial charge in [0.2, 0.25) is 0 Å². The minimum absolute atomic E-state index is 0.347. The van der Waals surface area contributed by atoms with Gasteiger partial charge in [0.15, 0.2) is 5.96 Å². The lowest BCUT2D eigenvalue weighted by molar-refractivity contribution is 0.665. The van der Waals surface area contributed by atoms with Crippen LogP contribution in [0.1, 0.15) is 25.2 Å². The van der Waals surface area contributed by atoms with Crippen LogP contribution in [0.4, 0.5) is 0 Å². The van der Waals surface area contributed by atoms with Gasteiger partial charge in [-0.05, 0) is 19.4 Å². The van der Waals surface area contributed by atoms with Gasteiger partial charge in [-0.3, -0.25) is 4.99 Å². The minimum Gasteiger partial charge on any atom is -0.354 e. The fraction of sp³-hybridized carbons (Fsp3) is 0.375. The number of aromatic nitrogens is 2.